The quantitative estimate of drug-likeness (QED) is 0.587. The molecule has 1 aliphatic rings. The predicted octanol–water partition coefficient (Wildman–Crippen LogP) is 3.71. The van der Waals surface area contributed by atoms with Crippen LogP contribution in [-0.2, 0) is 20.7 Å². The maximum atomic E-state index is 13.0. The van der Waals surface area contributed by atoms with Crippen LogP contribution in [-0.4, -0.2) is 48.1 Å². The Hall–Kier alpha value is -1.88. The molecule has 1 N–H and O–H groups in total. The van der Waals surface area contributed by atoms with E-state index in [9.17, 15) is 9.59 Å². The molecule has 0 radical (unpaired) electrons. The van der Waals surface area contributed by atoms with Gasteiger partial charge in [-0.05, 0) is 51.5 Å². The van der Waals surface area contributed by atoms with Gasteiger partial charge in [0.25, 0.3) is 0 Å². The van der Waals surface area contributed by atoms with Gasteiger partial charge in [-0.2, -0.15) is 0 Å². The minimum Gasteiger partial charge on any atom is -0.465 e. The summed E-state index contributed by atoms with van der Waals surface area (Å²) >= 11 is 0. The summed E-state index contributed by atoms with van der Waals surface area (Å²) in [5.74, 6) is -0.172. The Labute approximate surface area is 169 Å². The van der Waals surface area contributed by atoms with Gasteiger partial charge >= 0.3 is 5.97 Å². The van der Waals surface area contributed by atoms with Crippen LogP contribution in [0.4, 0.5) is 0 Å². The number of rotatable bonds is 11. The maximum Gasteiger partial charge on any atom is 0.323 e. The third-order valence-corrected chi connectivity index (χ3v) is 5.51. The maximum absolute atomic E-state index is 13.0. The molecular weight excluding hydrogens is 352 g/mol. The van der Waals surface area contributed by atoms with Gasteiger partial charge in [-0.3, -0.25) is 14.9 Å². The zero-order chi connectivity index (χ0) is 20.4. The van der Waals surface area contributed by atoms with Crippen molar-refractivity contribution in [3.63, 3.8) is 0 Å². The highest BCUT2D eigenvalue weighted by molar-refractivity contribution is 5.83. The van der Waals surface area contributed by atoms with Crippen LogP contribution in [0.25, 0.3) is 0 Å². The Balaban J connectivity index is 1.96. The fraction of sp³-hybridized carbons (Fsp3) is 0.652. The van der Waals surface area contributed by atoms with Crippen LogP contribution in [0.3, 0.4) is 0 Å². The molecule has 0 saturated carbocycles. The van der Waals surface area contributed by atoms with Crippen molar-refractivity contribution >= 4 is 11.9 Å². The molecule has 1 saturated heterocycles. The molecule has 1 fully saturated rings. The lowest BCUT2D eigenvalue weighted by Crippen LogP contribution is -2.52. The van der Waals surface area contributed by atoms with E-state index in [4.69, 9.17) is 4.74 Å². The third-order valence-electron chi connectivity index (χ3n) is 5.51. The molecule has 0 aliphatic carbocycles. The van der Waals surface area contributed by atoms with E-state index in [0.29, 0.717) is 19.1 Å². The fourth-order valence-electron chi connectivity index (χ4n) is 3.96. The molecule has 1 amide bonds. The first-order valence-electron chi connectivity index (χ1n) is 10.8. The van der Waals surface area contributed by atoms with Gasteiger partial charge in [-0.1, -0.05) is 50.1 Å². The molecule has 1 heterocycles. The van der Waals surface area contributed by atoms with Crippen LogP contribution in [0.1, 0.15) is 64.9 Å². The molecule has 28 heavy (non-hydrogen) atoms. The van der Waals surface area contributed by atoms with Crippen LogP contribution < -0.4 is 5.32 Å². The second kappa shape index (κ2) is 11.8. The van der Waals surface area contributed by atoms with Gasteiger partial charge in [0.2, 0.25) is 5.91 Å². The van der Waals surface area contributed by atoms with Crippen LogP contribution in [0.2, 0.25) is 0 Å². The van der Waals surface area contributed by atoms with Crippen molar-refractivity contribution in [2.24, 2.45) is 0 Å². The molecule has 3 atom stereocenters. The van der Waals surface area contributed by atoms with E-state index >= 15 is 0 Å². The molecule has 156 valence electrons. The monoisotopic (exact) mass is 388 g/mol. The van der Waals surface area contributed by atoms with Crippen molar-refractivity contribution in [2.75, 3.05) is 13.2 Å². The molecule has 5 heteroatoms. The molecule has 1 aromatic carbocycles. The number of unbranched alkanes of at least 4 members (excludes halogenated alkanes) is 1. The summed E-state index contributed by atoms with van der Waals surface area (Å²) in [6, 6.07) is 9.57. The van der Waals surface area contributed by atoms with Gasteiger partial charge in [0.1, 0.15) is 6.04 Å². The molecule has 0 spiro atoms. The minimum absolute atomic E-state index is 0.104. The highest BCUT2D eigenvalue weighted by Crippen LogP contribution is 2.23. The van der Waals surface area contributed by atoms with E-state index in [-0.39, 0.29) is 11.9 Å². The van der Waals surface area contributed by atoms with Crippen LogP contribution in [0, 0.1) is 0 Å². The first-order chi connectivity index (χ1) is 13.6. The van der Waals surface area contributed by atoms with Crippen molar-refractivity contribution in [3.8, 4) is 0 Å². The first kappa shape index (κ1) is 22.4. The number of hydrogen-bond donors (Lipinski definition) is 1. The number of likely N-dealkylation sites (tertiary alicyclic amines) is 1. The first-order valence-corrected chi connectivity index (χ1v) is 10.8. The summed E-state index contributed by atoms with van der Waals surface area (Å²) in [5, 5.41) is 3.26. The smallest absolute Gasteiger partial charge is 0.323 e. The minimum atomic E-state index is -0.476. The molecule has 2 rings (SSSR count). The SMILES string of the molecule is CCCCC1CCCN1C(=O)C(C)NC(CCc1ccccc1)C(=O)OCC. The molecular formula is C23H36N2O3. The van der Waals surface area contributed by atoms with E-state index < -0.39 is 12.1 Å². The number of hydrogen-bond acceptors (Lipinski definition) is 4. The van der Waals surface area contributed by atoms with E-state index in [1.54, 1.807) is 0 Å². The van der Waals surface area contributed by atoms with Gasteiger partial charge in [-0.15, -0.1) is 0 Å². The molecule has 5 nitrogen and oxygen atoms in total. The number of carbonyl (C=O) groups is 2. The number of nitrogens with zero attached hydrogens (tertiary/aromatic N) is 1. The van der Waals surface area contributed by atoms with Gasteiger partial charge < -0.3 is 9.64 Å². The Morgan fingerprint density at radius 2 is 2.00 bits per heavy atom. The number of esters is 1. The Morgan fingerprint density at radius 1 is 1.25 bits per heavy atom. The van der Waals surface area contributed by atoms with Gasteiger partial charge in [0.05, 0.1) is 12.6 Å². The number of nitrogens with one attached hydrogen (secondary N) is 1. The molecule has 1 aromatic rings. The Morgan fingerprint density at radius 3 is 2.68 bits per heavy atom. The fourth-order valence-corrected chi connectivity index (χ4v) is 3.96. The summed E-state index contributed by atoms with van der Waals surface area (Å²) in [6.45, 7) is 7.03. The van der Waals surface area contributed by atoms with E-state index in [0.717, 1.165) is 45.1 Å². The zero-order valence-electron chi connectivity index (χ0n) is 17.7. The van der Waals surface area contributed by atoms with E-state index in [1.807, 2.05) is 36.9 Å². The number of ether oxygens (including phenoxy) is 1. The van der Waals surface area contributed by atoms with Gasteiger partial charge in [-0.25, -0.2) is 0 Å². The van der Waals surface area contributed by atoms with Crippen molar-refractivity contribution in [1.29, 1.82) is 0 Å². The molecule has 0 bridgehead atoms. The predicted molar refractivity (Wildman–Crippen MR) is 112 cm³/mol. The van der Waals surface area contributed by atoms with E-state index in [2.05, 4.69) is 24.4 Å². The summed E-state index contributed by atoms with van der Waals surface area (Å²) < 4.78 is 5.25. The highest BCUT2D eigenvalue weighted by Gasteiger charge is 2.33. The van der Waals surface area contributed by atoms with Crippen molar-refractivity contribution in [1.82, 2.24) is 10.2 Å². The molecule has 1 aliphatic heterocycles. The lowest BCUT2D eigenvalue weighted by atomic mass is 10.0. The van der Waals surface area contributed by atoms with Crippen LogP contribution in [0.15, 0.2) is 30.3 Å². The van der Waals surface area contributed by atoms with Crippen molar-refractivity contribution < 1.29 is 14.3 Å². The van der Waals surface area contributed by atoms with Gasteiger partial charge in [0.15, 0.2) is 0 Å². The number of carbonyl (C=O) groups excluding carboxylic acids is 2. The lowest BCUT2D eigenvalue weighted by molar-refractivity contribution is -0.146. The lowest BCUT2D eigenvalue weighted by Gasteiger charge is -2.29. The van der Waals surface area contributed by atoms with Crippen LogP contribution in [0.5, 0.6) is 0 Å². The largest absolute Gasteiger partial charge is 0.465 e. The number of benzene rings is 1. The normalized spacial score (nSPS) is 18.7. The Kier molecular flexibility index (Phi) is 9.48. The highest BCUT2D eigenvalue weighted by atomic mass is 16.5. The molecule has 3 unspecified atom stereocenters. The van der Waals surface area contributed by atoms with Crippen molar-refractivity contribution in [2.45, 2.75) is 83.8 Å². The van der Waals surface area contributed by atoms with Crippen LogP contribution >= 0.6 is 0 Å². The van der Waals surface area contributed by atoms with E-state index in [1.165, 1.54) is 5.56 Å². The van der Waals surface area contributed by atoms with Crippen molar-refractivity contribution in [3.05, 3.63) is 35.9 Å². The second-order valence-electron chi connectivity index (χ2n) is 7.69. The number of aryl methyl sites for hydroxylation is 1. The third kappa shape index (κ3) is 6.62. The molecule has 0 aromatic heterocycles. The average Bonchev–Trinajstić information content (AvgIpc) is 3.18. The van der Waals surface area contributed by atoms with Gasteiger partial charge in [0, 0.05) is 12.6 Å². The summed E-state index contributed by atoms with van der Waals surface area (Å²) in [4.78, 5) is 27.5. The zero-order valence-corrected chi connectivity index (χ0v) is 17.7. The summed E-state index contributed by atoms with van der Waals surface area (Å²) in [6.07, 6.45) is 6.91. The average molecular weight is 389 g/mol. The second-order valence-corrected chi connectivity index (χ2v) is 7.69. The topological polar surface area (TPSA) is 58.6 Å². The summed E-state index contributed by atoms with van der Waals surface area (Å²) in [7, 11) is 0. The summed E-state index contributed by atoms with van der Waals surface area (Å²) in [5.41, 5.74) is 1.18. The standard InChI is InChI=1S/C23H36N2O3/c1-4-6-13-20-14-10-17-25(20)22(26)18(3)24-21(23(27)28-5-2)16-15-19-11-8-7-9-12-19/h7-9,11-12,18,20-21,24H,4-6,10,13-17H2,1-3H3. The Bertz CT molecular complexity index is 605. The number of amides is 1.